The number of aromatic nitrogens is 4. The summed E-state index contributed by atoms with van der Waals surface area (Å²) in [5.74, 6) is 4.91. The second kappa shape index (κ2) is 2.38. The zero-order valence-electron chi connectivity index (χ0n) is 5.90. The second-order valence-corrected chi connectivity index (χ2v) is 2.10. The van der Waals surface area contributed by atoms with Crippen molar-refractivity contribution in [1.82, 2.24) is 19.6 Å². The van der Waals surface area contributed by atoms with E-state index in [0.29, 0.717) is 5.78 Å². The number of anilines is 1. The number of nitrogen functional groups attached to an aromatic ring is 1. The highest BCUT2D eigenvalue weighted by Gasteiger charge is 2.06. The van der Waals surface area contributed by atoms with Crippen LogP contribution in [0.25, 0.3) is 5.78 Å². The molecular weight excluding hydrogens is 163 g/mol. The Morgan fingerprint density at radius 1 is 1.58 bits per heavy atom. The maximum atomic E-state index is 12.9. The summed E-state index contributed by atoms with van der Waals surface area (Å²) < 4.78 is 14.2. The van der Waals surface area contributed by atoms with Crippen molar-refractivity contribution in [2.45, 2.75) is 0 Å². The molecule has 0 radical (unpaired) electrons. The maximum absolute atomic E-state index is 12.9. The lowest BCUT2D eigenvalue weighted by Crippen LogP contribution is -2.13. The van der Waals surface area contributed by atoms with Crippen LogP contribution in [0.3, 0.4) is 0 Å². The monoisotopic (exact) mass is 168 g/mol. The van der Waals surface area contributed by atoms with Gasteiger partial charge < -0.3 is 5.43 Å². The van der Waals surface area contributed by atoms with Gasteiger partial charge in [0.1, 0.15) is 6.33 Å². The molecule has 62 valence electrons. The predicted molar refractivity (Wildman–Crippen MR) is 38.6 cm³/mol. The van der Waals surface area contributed by atoms with E-state index < -0.39 is 5.82 Å². The van der Waals surface area contributed by atoms with Gasteiger partial charge in [0.15, 0.2) is 11.6 Å². The summed E-state index contributed by atoms with van der Waals surface area (Å²) in [6.07, 6.45) is 2.35. The van der Waals surface area contributed by atoms with E-state index in [9.17, 15) is 4.39 Å². The average Bonchev–Trinajstić information content (AvgIpc) is 2.52. The molecule has 0 aliphatic heterocycles. The molecule has 0 bridgehead atoms. The molecular formula is C5H5FN6. The Bertz CT molecular complexity index is 409. The van der Waals surface area contributed by atoms with Crippen LogP contribution in [-0.4, -0.2) is 19.6 Å². The maximum Gasteiger partial charge on any atom is 0.256 e. The van der Waals surface area contributed by atoms with Crippen LogP contribution >= 0.6 is 0 Å². The fraction of sp³-hybridized carbons (Fsp3) is 0. The lowest BCUT2D eigenvalue weighted by Gasteiger charge is -2.02. The van der Waals surface area contributed by atoms with Crippen LogP contribution in [0.15, 0.2) is 12.5 Å². The quantitative estimate of drug-likeness (QED) is 0.445. The third kappa shape index (κ3) is 0.800. The van der Waals surface area contributed by atoms with E-state index in [4.69, 9.17) is 5.84 Å². The number of nitrogens with one attached hydrogen (secondary N) is 1. The molecule has 2 rings (SSSR count). The molecule has 0 aliphatic rings. The minimum Gasteiger partial charge on any atom is -0.307 e. The molecule has 0 spiro atoms. The molecule has 12 heavy (non-hydrogen) atoms. The van der Waals surface area contributed by atoms with Crippen molar-refractivity contribution in [3.63, 3.8) is 0 Å². The van der Waals surface area contributed by atoms with Gasteiger partial charge in [0.05, 0.1) is 6.20 Å². The van der Waals surface area contributed by atoms with Crippen LogP contribution in [0, 0.1) is 5.82 Å². The Morgan fingerprint density at radius 3 is 3.17 bits per heavy atom. The molecule has 0 atom stereocenters. The first-order valence-electron chi connectivity index (χ1n) is 3.14. The molecule has 7 heteroatoms. The second-order valence-electron chi connectivity index (χ2n) is 2.10. The third-order valence-corrected chi connectivity index (χ3v) is 1.43. The molecule has 0 unspecified atom stereocenters. The van der Waals surface area contributed by atoms with Crippen molar-refractivity contribution in [2.75, 3.05) is 5.43 Å². The van der Waals surface area contributed by atoms with E-state index in [2.05, 4.69) is 20.6 Å². The molecule has 0 saturated carbocycles. The molecule has 3 N–H and O–H groups in total. The Labute approximate surface area is 66.2 Å². The first kappa shape index (κ1) is 6.92. The molecule has 0 amide bonds. The standard InChI is InChI=1S/C5H5FN6/c6-3-1-8-5-11-9-2-12(5)4(3)10-7/h1-2,10H,7H2. The van der Waals surface area contributed by atoms with Gasteiger partial charge in [0.2, 0.25) is 0 Å². The van der Waals surface area contributed by atoms with E-state index in [1.54, 1.807) is 0 Å². The number of hydrogen-bond donors (Lipinski definition) is 2. The SMILES string of the molecule is NNc1c(F)cnc2nncn12. The third-order valence-electron chi connectivity index (χ3n) is 1.43. The predicted octanol–water partition coefficient (Wildman–Crippen LogP) is -0.451. The van der Waals surface area contributed by atoms with Crippen molar-refractivity contribution in [2.24, 2.45) is 5.84 Å². The van der Waals surface area contributed by atoms with Gasteiger partial charge in [-0.05, 0) is 0 Å². The normalized spacial score (nSPS) is 10.5. The topological polar surface area (TPSA) is 81.1 Å². The van der Waals surface area contributed by atoms with E-state index in [1.807, 2.05) is 0 Å². The minimum atomic E-state index is -0.551. The van der Waals surface area contributed by atoms with Crippen LogP contribution in [0.1, 0.15) is 0 Å². The van der Waals surface area contributed by atoms with E-state index in [1.165, 1.54) is 10.7 Å². The molecule has 2 aromatic rings. The van der Waals surface area contributed by atoms with Gasteiger partial charge in [-0.25, -0.2) is 19.6 Å². The largest absolute Gasteiger partial charge is 0.307 e. The van der Waals surface area contributed by atoms with E-state index >= 15 is 0 Å². The van der Waals surface area contributed by atoms with E-state index in [0.717, 1.165) is 6.20 Å². The fourth-order valence-electron chi connectivity index (χ4n) is 0.904. The summed E-state index contributed by atoms with van der Waals surface area (Å²) in [5, 5.41) is 7.15. The zero-order valence-corrected chi connectivity index (χ0v) is 5.90. The van der Waals surface area contributed by atoms with Gasteiger partial charge in [-0.3, -0.25) is 0 Å². The molecule has 0 saturated heterocycles. The van der Waals surface area contributed by atoms with Gasteiger partial charge in [0, 0.05) is 0 Å². The highest BCUT2D eigenvalue weighted by atomic mass is 19.1. The molecule has 6 nitrogen and oxygen atoms in total. The number of hydrogen-bond acceptors (Lipinski definition) is 5. The molecule has 2 heterocycles. The fourth-order valence-corrected chi connectivity index (χ4v) is 0.904. The summed E-state index contributed by atoms with van der Waals surface area (Å²) in [5.41, 5.74) is 2.19. The molecule has 0 aliphatic carbocycles. The summed E-state index contributed by atoms with van der Waals surface area (Å²) in [7, 11) is 0. The lowest BCUT2D eigenvalue weighted by molar-refractivity contribution is 0.616. The van der Waals surface area contributed by atoms with Crippen LogP contribution in [0.4, 0.5) is 10.2 Å². The van der Waals surface area contributed by atoms with Gasteiger partial charge >= 0.3 is 0 Å². The van der Waals surface area contributed by atoms with Crippen LogP contribution in [-0.2, 0) is 0 Å². The zero-order chi connectivity index (χ0) is 8.55. The Kier molecular flexibility index (Phi) is 1.37. The Morgan fingerprint density at radius 2 is 2.42 bits per heavy atom. The first-order chi connectivity index (χ1) is 5.83. The van der Waals surface area contributed by atoms with Crippen molar-refractivity contribution >= 4 is 11.6 Å². The average molecular weight is 168 g/mol. The van der Waals surface area contributed by atoms with Gasteiger partial charge in [-0.15, -0.1) is 10.2 Å². The summed E-state index contributed by atoms with van der Waals surface area (Å²) >= 11 is 0. The minimum absolute atomic E-state index is 0.0880. The number of nitrogens with zero attached hydrogens (tertiary/aromatic N) is 4. The van der Waals surface area contributed by atoms with Crippen molar-refractivity contribution in [1.29, 1.82) is 0 Å². The summed E-state index contributed by atoms with van der Waals surface area (Å²) in [6.45, 7) is 0. The lowest BCUT2D eigenvalue weighted by atomic mass is 10.5. The van der Waals surface area contributed by atoms with E-state index in [-0.39, 0.29) is 5.82 Å². The first-order valence-corrected chi connectivity index (χ1v) is 3.14. The summed E-state index contributed by atoms with van der Waals surface area (Å²) in [6, 6.07) is 0. The number of fused-ring (bicyclic) bond motifs is 1. The van der Waals surface area contributed by atoms with Crippen molar-refractivity contribution in [3.05, 3.63) is 18.3 Å². The van der Waals surface area contributed by atoms with Gasteiger partial charge in [0.25, 0.3) is 5.78 Å². The smallest absolute Gasteiger partial charge is 0.256 e. The highest BCUT2D eigenvalue weighted by Crippen LogP contribution is 2.10. The van der Waals surface area contributed by atoms with Crippen molar-refractivity contribution in [3.8, 4) is 0 Å². The number of rotatable bonds is 1. The number of hydrazine groups is 1. The molecule has 0 aromatic carbocycles. The summed E-state index contributed by atoms with van der Waals surface area (Å²) in [4.78, 5) is 3.67. The number of halogens is 1. The van der Waals surface area contributed by atoms with Crippen LogP contribution in [0.2, 0.25) is 0 Å². The van der Waals surface area contributed by atoms with Crippen molar-refractivity contribution < 1.29 is 4.39 Å². The van der Waals surface area contributed by atoms with Crippen LogP contribution < -0.4 is 11.3 Å². The van der Waals surface area contributed by atoms with Gasteiger partial charge in [-0.1, -0.05) is 0 Å². The van der Waals surface area contributed by atoms with Crippen LogP contribution in [0.5, 0.6) is 0 Å². The Hall–Kier alpha value is -1.76. The Balaban J connectivity index is 2.83. The van der Waals surface area contributed by atoms with Gasteiger partial charge in [-0.2, -0.15) is 0 Å². The molecule has 2 aromatic heterocycles. The molecule has 0 fully saturated rings. The number of nitrogens with two attached hydrogens (primary N) is 1. The highest BCUT2D eigenvalue weighted by molar-refractivity contribution is 5.43.